The molecule has 0 radical (unpaired) electrons. The highest BCUT2D eigenvalue weighted by Gasteiger charge is 2.16. The summed E-state index contributed by atoms with van der Waals surface area (Å²) in [5, 5.41) is 24.4. The van der Waals surface area contributed by atoms with Gasteiger partial charge in [-0.3, -0.25) is 4.90 Å². The first-order valence-electron chi connectivity index (χ1n) is 14.8. The van der Waals surface area contributed by atoms with Crippen LogP contribution in [0.4, 0.5) is 11.4 Å². The van der Waals surface area contributed by atoms with Crippen LogP contribution in [-0.4, -0.2) is 35.3 Å². The zero-order chi connectivity index (χ0) is 30.0. The number of methoxy groups -OCH3 is 1. The lowest BCUT2D eigenvalue weighted by molar-refractivity contribution is 0.109. The highest BCUT2D eigenvalue weighted by atomic mass is 16.5. The van der Waals surface area contributed by atoms with Gasteiger partial charge in [0.05, 0.1) is 19.8 Å². The monoisotopic (exact) mass is 574 g/mol. The minimum Gasteiger partial charge on any atom is -0.496 e. The number of aliphatic hydroxyl groups excluding tert-OH is 2. The summed E-state index contributed by atoms with van der Waals surface area (Å²) in [6, 6.07) is 41.2. The molecule has 43 heavy (non-hydrogen) atoms. The number of aliphatic hydroxyl groups is 2. The van der Waals surface area contributed by atoms with Gasteiger partial charge in [0.2, 0.25) is 0 Å². The molecule has 0 aliphatic rings. The maximum absolute atomic E-state index is 11.1. The van der Waals surface area contributed by atoms with Gasteiger partial charge in [0.15, 0.2) is 0 Å². The van der Waals surface area contributed by atoms with Crippen molar-refractivity contribution < 1.29 is 16.4 Å². The van der Waals surface area contributed by atoms with Crippen molar-refractivity contribution in [1.29, 1.82) is 0 Å². The molecule has 0 aliphatic carbocycles. The first-order valence-corrected chi connectivity index (χ1v) is 14.8. The van der Waals surface area contributed by atoms with Crippen LogP contribution in [0.25, 0.3) is 11.1 Å². The molecule has 1 atom stereocenters. The maximum atomic E-state index is 11.1. The molecule has 0 spiro atoms. The smallest absolute Gasteiger partial charge is 0.126 e. The van der Waals surface area contributed by atoms with Crippen molar-refractivity contribution in [3.05, 3.63) is 149 Å². The van der Waals surface area contributed by atoms with Crippen molar-refractivity contribution >= 4 is 11.4 Å². The van der Waals surface area contributed by atoms with E-state index in [2.05, 4.69) is 76.9 Å². The topological polar surface area (TPSA) is 65.0 Å². The SMILES string of the molecule is COc1ccc(Nc2ccc(CCN(Cc3ccccc3)C[C@H](O)c3ccc(C)c(CO)c3)cc2)cc1-c1ccccc1.[HH]. The molecular formula is C38H42N2O3. The number of nitrogens with zero attached hydrogens (tertiary/aromatic N) is 1. The van der Waals surface area contributed by atoms with E-state index in [0.717, 1.165) is 64.5 Å². The third kappa shape index (κ3) is 8.11. The van der Waals surface area contributed by atoms with Crippen molar-refractivity contribution in [2.24, 2.45) is 0 Å². The van der Waals surface area contributed by atoms with E-state index in [1.807, 2.05) is 61.5 Å². The van der Waals surface area contributed by atoms with E-state index in [9.17, 15) is 10.2 Å². The zero-order valence-electron chi connectivity index (χ0n) is 24.9. The first kappa shape index (κ1) is 30.1. The molecule has 5 aromatic carbocycles. The van der Waals surface area contributed by atoms with Crippen molar-refractivity contribution in [1.82, 2.24) is 4.90 Å². The Kier molecular flexibility index (Phi) is 10.2. The van der Waals surface area contributed by atoms with E-state index in [1.54, 1.807) is 7.11 Å². The van der Waals surface area contributed by atoms with Gasteiger partial charge in [-0.1, -0.05) is 91.0 Å². The number of hydrogen-bond donors (Lipinski definition) is 3. The largest absolute Gasteiger partial charge is 0.496 e. The molecule has 0 saturated heterocycles. The van der Waals surface area contributed by atoms with E-state index < -0.39 is 6.10 Å². The highest BCUT2D eigenvalue weighted by Crippen LogP contribution is 2.33. The number of ether oxygens (including phenoxy) is 1. The van der Waals surface area contributed by atoms with Crippen LogP contribution in [0.15, 0.2) is 121 Å². The van der Waals surface area contributed by atoms with Gasteiger partial charge in [-0.15, -0.1) is 0 Å². The Labute approximate surface area is 256 Å². The van der Waals surface area contributed by atoms with Crippen LogP contribution in [0.2, 0.25) is 0 Å². The Hall–Kier alpha value is -4.42. The summed E-state index contributed by atoms with van der Waals surface area (Å²) >= 11 is 0. The molecule has 3 N–H and O–H groups in total. The molecule has 0 amide bonds. The predicted molar refractivity (Wildman–Crippen MR) is 178 cm³/mol. The quantitative estimate of drug-likeness (QED) is 0.133. The molecule has 0 saturated carbocycles. The Morgan fingerprint density at radius 1 is 0.791 bits per heavy atom. The van der Waals surface area contributed by atoms with Crippen LogP contribution >= 0.6 is 0 Å². The third-order valence-corrected chi connectivity index (χ3v) is 7.85. The Morgan fingerprint density at radius 2 is 1.49 bits per heavy atom. The summed E-state index contributed by atoms with van der Waals surface area (Å²) < 4.78 is 5.61. The standard InChI is InChI=1S/C38H40N2O3.H2/c1-28-13-16-32(23-33(28)27-41)37(42)26-40(25-30-9-5-3-6-10-30)22-21-29-14-17-34(18-15-29)39-35-19-20-38(43-2)36(24-35)31-11-7-4-8-12-31;/h3-20,23-24,37,39,41-42H,21-22,25-27H2,1-2H3;1H/t37-;/m0./s1. The van der Waals surface area contributed by atoms with Crippen molar-refractivity contribution in [3.8, 4) is 16.9 Å². The molecule has 0 unspecified atom stereocenters. The average Bonchev–Trinajstić information content (AvgIpc) is 3.05. The number of nitrogens with one attached hydrogen (secondary N) is 1. The molecular weight excluding hydrogens is 532 g/mol. The van der Waals surface area contributed by atoms with Gasteiger partial charge in [-0.2, -0.15) is 0 Å². The number of aryl methyl sites for hydroxylation is 1. The second-order valence-electron chi connectivity index (χ2n) is 10.9. The first-order chi connectivity index (χ1) is 21.0. The molecule has 0 aliphatic heterocycles. The minimum atomic E-state index is -0.647. The molecule has 5 heteroatoms. The number of rotatable bonds is 13. The normalized spacial score (nSPS) is 11.8. The van der Waals surface area contributed by atoms with E-state index >= 15 is 0 Å². The summed E-state index contributed by atoms with van der Waals surface area (Å²) in [6.07, 6.45) is 0.211. The number of anilines is 2. The van der Waals surface area contributed by atoms with Crippen molar-refractivity contribution in [2.45, 2.75) is 32.6 Å². The Balaban J connectivity index is 0.00000442. The second-order valence-corrected chi connectivity index (χ2v) is 10.9. The van der Waals surface area contributed by atoms with Crippen LogP contribution in [0.5, 0.6) is 5.75 Å². The molecule has 222 valence electrons. The fourth-order valence-electron chi connectivity index (χ4n) is 5.33. The predicted octanol–water partition coefficient (Wildman–Crippen LogP) is 7.93. The minimum absolute atomic E-state index is 0. The molecule has 5 nitrogen and oxygen atoms in total. The summed E-state index contributed by atoms with van der Waals surface area (Å²) in [5.74, 6) is 0.841. The molecule has 0 heterocycles. The molecule has 5 rings (SSSR count). The van der Waals surface area contributed by atoms with Crippen LogP contribution in [0.3, 0.4) is 0 Å². The summed E-state index contributed by atoms with van der Waals surface area (Å²) in [5.41, 5.74) is 9.33. The Bertz CT molecular complexity index is 1590. The van der Waals surface area contributed by atoms with Gasteiger partial charge in [-0.05, 0) is 77.1 Å². The van der Waals surface area contributed by atoms with E-state index in [4.69, 9.17) is 4.74 Å². The summed E-state index contributed by atoms with van der Waals surface area (Å²) in [6.45, 7) is 4.00. The molecule has 0 aromatic heterocycles. The van der Waals surface area contributed by atoms with Crippen LogP contribution in [-0.2, 0) is 19.6 Å². The van der Waals surface area contributed by atoms with Gasteiger partial charge < -0.3 is 20.3 Å². The van der Waals surface area contributed by atoms with Gasteiger partial charge >= 0.3 is 0 Å². The lowest BCUT2D eigenvalue weighted by Gasteiger charge is -2.26. The number of hydrogen-bond acceptors (Lipinski definition) is 5. The lowest BCUT2D eigenvalue weighted by atomic mass is 10.0. The molecule has 5 aromatic rings. The third-order valence-electron chi connectivity index (χ3n) is 7.85. The molecule has 0 bridgehead atoms. The second kappa shape index (κ2) is 14.7. The fourth-order valence-corrected chi connectivity index (χ4v) is 5.33. The van der Waals surface area contributed by atoms with E-state index in [-0.39, 0.29) is 8.03 Å². The van der Waals surface area contributed by atoms with E-state index in [0.29, 0.717) is 6.54 Å². The maximum Gasteiger partial charge on any atom is 0.126 e. The van der Waals surface area contributed by atoms with Crippen molar-refractivity contribution in [2.75, 3.05) is 25.5 Å². The van der Waals surface area contributed by atoms with Crippen LogP contribution in [0.1, 0.15) is 35.3 Å². The van der Waals surface area contributed by atoms with Gasteiger partial charge in [-0.25, -0.2) is 0 Å². The van der Waals surface area contributed by atoms with Gasteiger partial charge in [0.1, 0.15) is 5.75 Å². The van der Waals surface area contributed by atoms with Gasteiger partial charge in [0, 0.05) is 38.0 Å². The molecule has 0 fully saturated rings. The van der Waals surface area contributed by atoms with Crippen LogP contribution in [0, 0.1) is 6.92 Å². The van der Waals surface area contributed by atoms with Crippen molar-refractivity contribution in [3.63, 3.8) is 0 Å². The average molecular weight is 575 g/mol. The van der Waals surface area contributed by atoms with Crippen LogP contribution < -0.4 is 10.1 Å². The summed E-state index contributed by atoms with van der Waals surface area (Å²) in [4.78, 5) is 2.30. The fraction of sp³-hybridized carbons (Fsp3) is 0.211. The van der Waals surface area contributed by atoms with Gasteiger partial charge in [0.25, 0.3) is 0 Å². The number of benzene rings is 5. The zero-order valence-corrected chi connectivity index (χ0v) is 24.9. The Morgan fingerprint density at radius 3 is 2.19 bits per heavy atom. The summed E-state index contributed by atoms with van der Waals surface area (Å²) in [7, 11) is 1.70. The lowest BCUT2D eigenvalue weighted by Crippen LogP contribution is -2.30. The highest BCUT2D eigenvalue weighted by molar-refractivity contribution is 5.76. The van der Waals surface area contributed by atoms with E-state index in [1.165, 1.54) is 11.1 Å².